The van der Waals surface area contributed by atoms with E-state index in [1.165, 1.54) is 0 Å². The maximum atomic E-state index is 9.21. The molecule has 4 nitrogen and oxygen atoms in total. The topological polar surface area (TPSA) is 49.6 Å². The molecular weight excluding hydrogens is 214 g/mol. The molecule has 1 aliphatic rings. The number of pyridine rings is 1. The van der Waals surface area contributed by atoms with Gasteiger partial charge in [0.1, 0.15) is 5.65 Å². The first-order valence-corrected chi connectivity index (χ1v) is 6.06. The van der Waals surface area contributed by atoms with Gasteiger partial charge in [-0.05, 0) is 25.0 Å². The number of fused-ring (bicyclic) bond motifs is 1. The molecule has 0 aromatic carbocycles. The molecule has 1 fully saturated rings. The van der Waals surface area contributed by atoms with Gasteiger partial charge in [0.25, 0.3) is 0 Å². The molecule has 4 heteroatoms. The van der Waals surface area contributed by atoms with Crippen LogP contribution in [-0.2, 0) is 6.54 Å². The fraction of sp³-hybridized carbons (Fsp3) is 0.462. The molecule has 0 atom stereocenters. The van der Waals surface area contributed by atoms with Gasteiger partial charge < -0.3 is 14.8 Å². The summed E-state index contributed by atoms with van der Waals surface area (Å²) in [6.45, 7) is 1.95. The third kappa shape index (κ3) is 2.18. The third-order valence-electron chi connectivity index (χ3n) is 3.51. The van der Waals surface area contributed by atoms with Crippen LogP contribution in [0, 0.1) is 5.41 Å². The maximum Gasteiger partial charge on any atom is 0.137 e. The Morgan fingerprint density at radius 2 is 2.29 bits per heavy atom. The van der Waals surface area contributed by atoms with Crippen LogP contribution in [0.2, 0.25) is 0 Å². The lowest BCUT2D eigenvalue weighted by Crippen LogP contribution is -2.26. The Hall–Kier alpha value is -1.39. The summed E-state index contributed by atoms with van der Waals surface area (Å²) in [5, 5.41) is 12.6. The molecule has 17 heavy (non-hydrogen) atoms. The van der Waals surface area contributed by atoms with E-state index in [4.69, 9.17) is 0 Å². The van der Waals surface area contributed by atoms with E-state index < -0.39 is 0 Å². The Balaban J connectivity index is 1.61. The Labute approximate surface area is 100 Å². The standard InChI is InChI=1S/C13H17N3O/c17-10-13(4-5-13)9-14-7-11-8-16-6-2-1-3-12(16)15-11/h1-3,6,8,14,17H,4-5,7,9-10H2. The van der Waals surface area contributed by atoms with Gasteiger partial charge in [0, 0.05) is 37.5 Å². The van der Waals surface area contributed by atoms with Crippen molar-refractivity contribution in [1.82, 2.24) is 14.7 Å². The SMILES string of the molecule is OCC1(CNCc2cn3ccccc3n2)CC1. The maximum absolute atomic E-state index is 9.21. The van der Waals surface area contributed by atoms with Gasteiger partial charge in [0.05, 0.1) is 5.69 Å². The molecule has 3 rings (SSSR count). The number of hydrogen-bond donors (Lipinski definition) is 2. The fourth-order valence-corrected chi connectivity index (χ4v) is 2.10. The van der Waals surface area contributed by atoms with Gasteiger partial charge in [0.15, 0.2) is 0 Å². The van der Waals surface area contributed by atoms with Gasteiger partial charge in [-0.1, -0.05) is 6.07 Å². The second kappa shape index (κ2) is 4.13. The Morgan fingerprint density at radius 1 is 1.41 bits per heavy atom. The molecule has 0 aliphatic heterocycles. The van der Waals surface area contributed by atoms with Crippen molar-refractivity contribution in [3.63, 3.8) is 0 Å². The van der Waals surface area contributed by atoms with E-state index >= 15 is 0 Å². The predicted octanol–water partition coefficient (Wildman–Crippen LogP) is 1.20. The fourth-order valence-electron chi connectivity index (χ4n) is 2.10. The number of aromatic nitrogens is 2. The van der Waals surface area contributed by atoms with Crippen molar-refractivity contribution in [2.45, 2.75) is 19.4 Å². The molecule has 0 radical (unpaired) electrons. The van der Waals surface area contributed by atoms with Crippen molar-refractivity contribution >= 4 is 5.65 Å². The second-order valence-corrected chi connectivity index (χ2v) is 4.96. The molecule has 2 heterocycles. The number of imidazole rings is 1. The minimum atomic E-state index is 0.166. The van der Waals surface area contributed by atoms with Crippen molar-refractivity contribution < 1.29 is 5.11 Å². The van der Waals surface area contributed by atoms with Crippen molar-refractivity contribution in [3.8, 4) is 0 Å². The zero-order chi connectivity index (χ0) is 11.7. The highest BCUT2D eigenvalue weighted by Gasteiger charge is 2.41. The van der Waals surface area contributed by atoms with Crippen molar-refractivity contribution in [1.29, 1.82) is 0 Å². The molecule has 1 saturated carbocycles. The van der Waals surface area contributed by atoms with E-state index in [-0.39, 0.29) is 5.41 Å². The lowest BCUT2D eigenvalue weighted by Gasteiger charge is -2.11. The summed E-state index contributed by atoms with van der Waals surface area (Å²) in [4.78, 5) is 4.52. The number of hydrogen-bond acceptors (Lipinski definition) is 3. The number of aliphatic hydroxyl groups excluding tert-OH is 1. The van der Waals surface area contributed by atoms with E-state index in [0.29, 0.717) is 6.61 Å². The summed E-state index contributed by atoms with van der Waals surface area (Å²) in [5.74, 6) is 0. The molecule has 1 aliphatic carbocycles. The lowest BCUT2D eigenvalue weighted by molar-refractivity contribution is 0.207. The third-order valence-corrected chi connectivity index (χ3v) is 3.51. The van der Waals surface area contributed by atoms with Gasteiger partial charge in [0.2, 0.25) is 0 Å². The molecule has 2 N–H and O–H groups in total. The highest BCUT2D eigenvalue weighted by molar-refractivity contribution is 5.39. The van der Waals surface area contributed by atoms with Gasteiger partial charge >= 0.3 is 0 Å². The quantitative estimate of drug-likeness (QED) is 0.813. The van der Waals surface area contributed by atoms with Crippen LogP contribution in [0.5, 0.6) is 0 Å². The molecular formula is C13H17N3O. The highest BCUT2D eigenvalue weighted by Crippen LogP contribution is 2.44. The monoisotopic (exact) mass is 231 g/mol. The van der Waals surface area contributed by atoms with Crippen LogP contribution in [0.1, 0.15) is 18.5 Å². The predicted molar refractivity (Wildman–Crippen MR) is 65.7 cm³/mol. The Bertz CT molecular complexity index is 483. The van der Waals surface area contributed by atoms with Crippen LogP contribution in [0.15, 0.2) is 30.6 Å². The summed E-state index contributed by atoms with van der Waals surface area (Å²) < 4.78 is 2.02. The molecule has 0 spiro atoms. The smallest absolute Gasteiger partial charge is 0.137 e. The minimum Gasteiger partial charge on any atom is -0.396 e. The zero-order valence-electron chi connectivity index (χ0n) is 9.76. The summed E-state index contributed by atoms with van der Waals surface area (Å²) in [6.07, 6.45) is 6.33. The van der Waals surface area contributed by atoms with E-state index in [1.54, 1.807) is 0 Å². The molecule has 2 aromatic rings. The first-order chi connectivity index (χ1) is 8.31. The number of nitrogens with zero attached hydrogens (tertiary/aromatic N) is 2. The normalized spacial score (nSPS) is 17.5. The Kier molecular flexibility index (Phi) is 2.61. The van der Waals surface area contributed by atoms with Crippen LogP contribution < -0.4 is 5.32 Å². The average Bonchev–Trinajstić information content (AvgIpc) is 3.01. The van der Waals surface area contributed by atoms with Crippen molar-refractivity contribution in [2.24, 2.45) is 5.41 Å². The molecule has 2 aromatic heterocycles. The summed E-state index contributed by atoms with van der Waals surface area (Å²) in [7, 11) is 0. The summed E-state index contributed by atoms with van der Waals surface area (Å²) in [5.41, 5.74) is 2.19. The number of nitrogens with one attached hydrogen (secondary N) is 1. The van der Waals surface area contributed by atoms with Gasteiger partial charge in [-0.2, -0.15) is 0 Å². The molecule has 0 amide bonds. The number of aliphatic hydroxyl groups is 1. The minimum absolute atomic E-state index is 0.166. The first kappa shape index (κ1) is 10.7. The second-order valence-electron chi connectivity index (χ2n) is 4.96. The van der Waals surface area contributed by atoms with Gasteiger partial charge in [-0.15, -0.1) is 0 Å². The molecule has 0 saturated heterocycles. The van der Waals surface area contributed by atoms with E-state index in [1.807, 2.05) is 35.0 Å². The summed E-state index contributed by atoms with van der Waals surface area (Å²) >= 11 is 0. The molecule has 90 valence electrons. The van der Waals surface area contributed by atoms with Gasteiger partial charge in [-0.25, -0.2) is 4.98 Å². The van der Waals surface area contributed by atoms with E-state index in [0.717, 1.165) is 37.3 Å². The Morgan fingerprint density at radius 3 is 3.00 bits per heavy atom. The van der Waals surface area contributed by atoms with Crippen LogP contribution in [0.25, 0.3) is 5.65 Å². The van der Waals surface area contributed by atoms with Crippen LogP contribution >= 0.6 is 0 Å². The first-order valence-electron chi connectivity index (χ1n) is 6.06. The van der Waals surface area contributed by atoms with E-state index in [2.05, 4.69) is 10.3 Å². The van der Waals surface area contributed by atoms with Crippen LogP contribution in [0.4, 0.5) is 0 Å². The van der Waals surface area contributed by atoms with E-state index in [9.17, 15) is 5.11 Å². The molecule has 0 bridgehead atoms. The summed E-state index contributed by atoms with van der Waals surface area (Å²) in [6, 6.07) is 5.99. The largest absolute Gasteiger partial charge is 0.396 e. The zero-order valence-corrected chi connectivity index (χ0v) is 9.76. The van der Waals surface area contributed by atoms with Crippen LogP contribution in [0.3, 0.4) is 0 Å². The van der Waals surface area contributed by atoms with Crippen molar-refractivity contribution in [2.75, 3.05) is 13.2 Å². The van der Waals surface area contributed by atoms with Crippen LogP contribution in [-0.4, -0.2) is 27.6 Å². The molecule has 0 unspecified atom stereocenters. The van der Waals surface area contributed by atoms with Gasteiger partial charge in [-0.3, -0.25) is 0 Å². The lowest BCUT2D eigenvalue weighted by atomic mass is 10.1. The number of rotatable bonds is 5. The van der Waals surface area contributed by atoms with Crippen molar-refractivity contribution in [3.05, 3.63) is 36.3 Å². The average molecular weight is 231 g/mol. The highest BCUT2D eigenvalue weighted by atomic mass is 16.3.